The van der Waals surface area contributed by atoms with Crippen LogP contribution in [0.25, 0.3) is 0 Å². The van der Waals surface area contributed by atoms with E-state index in [4.69, 9.17) is 5.73 Å². The van der Waals surface area contributed by atoms with Crippen LogP contribution >= 0.6 is 0 Å². The summed E-state index contributed by atoms with van der Waals surface area (Å²) < 4.78 is 0. The van der Waals surface area contributed by atoms with Crippen molar-refractivity contribution in [2.24, 2.45) is 0 Å². The van der Waals surface area contributed by atoms with Crippen molar-refractivity contribution in [1.29, 1.82) is 0 Å². The SMILES string of the molecule is CCN1CCN(c2ccc(N)cc2C)CC1C. The molecule has 1 aromatic carbocycles. The summed E-state index contributed by atoms with van der Waals surface area (Å²) >= 11 is 0. The number of piperazine rings is 1. The molecule has 0 aromatic heterocycles. The molecule has 3 nitrogen and oxygen atoms in total. The summed E-state index contributed by atoms with van der Waals surface area (Å²) in [5, 5.41) is 0. The first-order chi connectivity index (χ1) is 8.11. The van der Waals surface area contributed by atoms with Gasteiger partial charge in [0, 0.05) is 37.1 Å². The summed E-state index contributed by atoms with van der Waals surface area (Å²) in [4.78, 5) is 5.01. The summed E-state index contributed by atoms with van der Waals surface area (Å²) in [5.41, 5.74) is 9.27. The molecule has 0 radical (unpaired) electrons. The number of hydrogen-bond donors (Lipinski definition) is 1. The Morgan fingerprint density at radius 2 is 2.12 bits per heavy atom. The Morgan fingerprint density at radius 1 is 1.35 bits per heavy atom. The number of likely N-dealkylation sites (N-methyl/N-ethyl adjacent to an activating group) is 1. The number of benzene rings is 1. The minimum absolute atomic E-state index is 0.630. The highest BCUT2D eigenvalue weighted by atomic mass is 15.3. The normalized spacial score (nSPS) is 21.8. The lowest BCUT2D eigenvalue weighted by Crippen LogP contribution is -2.51. The Hall–Kier alpha value is -1.22. The fourth-order valence-electron chi connectivity index (χ4n) is 2.72. The van der Waals surface area contributed by atoms with Gasteiger partial charge in [-0.05, 0) is 44.2 Å². The van der Waals surface area contributed by atoms with Gasteiger partial charge in [-0.25, -0.2) is 0 Å². The monoisotopic (exact) mass is 233 g/mol. The molecule has 0 saturated carbocycles. The smallest absolute Gasteiger partial charge is 0.0398 e. The van der Waals surface area contributed by atoms with Gasteiger partial charge in [-0.2, -0.15) is 0 Å². The van der Waals surface area contributed by atoms with Crippen molar-refractivity contribution in [2.75, 3.05) is 36.8 Å². The summed E-state index contributed by atoms with van der Waals surface area (Å²) in [6, 6.07) is 6.84. The molecule has 1 aliphatic rings. The molecule has 1 aromatic rings. The summed E-state index contributed by atoms with van der Waals surface area (Å²) in [5.74, 6) is 0. The Morgan fingerprint density at radius 3 is 2.71 bits per heavy atom. The summed E-state index contributed by atoms with van der Waals surface area (Å²) in [6.45, 7) is 11.2. The third-order valence-corrected chi connectivity index (χ3v) is 3.73. The van der Waals surface area contributed by atoms with E-state index in [1.807, 2.05) is 6.07 Å². The molecule has 1 unspecified atom stereocenters. The number of hydrogen-bond acceptors (Lipinski definition) is 3. The first-order valence-electron chi connectivity index (χ1n) is 6.47. The predicted octanol–water partition coefficient (Wildman–Crippen LogP) is 2.11. The molecule has 2 N–H and O–H groups in total. The van der Waals surface area contributed by atoms with Crippen molar-refractivity contribution < 1.29 is 0 Å². The minimum Gasteiger partial charge on any atom is -0.399 e. The molecule has 94 valence electrons. The fourth-order valence-corrected chi connectivity index (χ4v) is 2.72. The molecule has 2 rings (SSSR count). The number of anilines is 2. The van der Waals surface area contributed by atoms with Crippen LogP contribution in [0.2, 0.25) is 0 Å². The van der Waals surface area contributed by atoms with E-state index in [0.717, 1.165) is 31.9 Å². The van der Waals surface area contributed by atoms with Crippen LogP contribution in [0, 0.1) is 6.92 Å². The van der Waals surface area contributed by atoms with Crippen LogP contribution in [0.3, 0.4) is 0 Å². The van der Waals surface area contributed by atoms with E-state index in [1.54, 1.807) is 0 Å². The van der Waals surface area contributed by atoms with Gasteiger partial charge in [0.2, 0.25) is 0 Å². The molecule has 3 heteroatoms. The highest BCUT2D eigenvalue weighted by Crippen LogP contribution is 2.24. The maximum Gasteiger partial charge on any atom is 0.0398 e. The predicted molar refractivity (Wildman–Crippen MR) is 74.5 cm³/mol. The maximum atomic E-state index is 5.80. The quantitative estimate of drug-likeness (QED) is 0.794. The standard InChI is InChI=1S/C14H23N3/c1-4-16-7-8-17(10-12(16)3)14-6-5-13(15)9-11(14)2/h5-6,9,12H,4,7-8,10,15H2,1-3H3. The molecule has 1 atom stereocenters. The lowest BCUT2D eigenvalue weighted by atomic mass is 10.1. The van der Waals surface area contributed by atoms with Gasteiger partial charge >= 0.3 is 0 Å². The van der Waals surface area contributed by atoms with Crippen molar-refractivity contribution in [3.63, 3.8) is 0 Å². The average Bonchev–Trinajstić information content (AvgIpc) is 2.29. The van der Waals surface area contributed by atoms with Gasteiger partial charge in [-0.15, -0.1) is 0 Å². The number of nitrogen functional groups attached to an aromatic ring is 1. The zero-order valence-electron chi connectivity index (χ0n) is 11.1. The molecule has 0 amide bonds. The van der Waals surface area contributed by atoms with Gasteiger partial charge in [0.15, 0.2) is 0 Å². The average molecular weight is 233 g/mol. The molecule has 1 fully saturated rings. The molecular formula is C14H23N3. The van der Waals surface area contributed by atoms with Crippen LogP contribution in [0.15, 0.2) is 18.2 Å². The Bertz CT molecular complexity index is 389. The number of rotatable bonds is 2. The topological polar surface area (TPSA) is 32.5 Å². The Kier molecular flexibility index (Phi) is 3.57. The number of nitrogens with zero attached hydrogens (tertiary/aromatic N) is 2. The third kappa shape index (κ3) is 2.55. The lowest BCUT2D eigenvalue weighted by molar-refractivity contribution is 0.199. The van der Waals surface area contributed by atoms with E-state index in [1.165, 1.54) is 11.3 Å². The Balaban J connectivity index is 2.14. The van der Waals surface area contributed by atoms with E-state index in [-0.39, 0.29) is 0 Å². The number of nitrogens with two attached hydrogens (primary N) is 1. The zero-order valence-corrected chi connectivity index (χ0v) is 11.1. The molecule has 17 heavy (non-hydrogen) atoms. The van der Waals surface area contributed by atoms with E-state index in [0.29, 0.717) is 6.04 Å². The second-order valence-electron chi connectivity index (χ2n) is 4.97. The van der Waals surface area contributed by atoms with E-state index < -0.39 is 0 Å². The molecule has 1 saturated heterocycles. The van der Waals surface area contributed by atoms with Crippen molar-refractivity contribution in [2.45, 2.75) is 26.8 Å². The zero-order chi connectivity index (χ0) is 12.4. The molecular weight excluding hydrogens is 210 g/mol. The van der Waals surface area contributed by atoms with Gasteiger partial charge in [-0.1, -0.05) is 6.92 Å². The fraction of sp³-hybridized carbons (Fsp3) is 0.571. The van der Waals surface area contributed by atoms with Gasteiger partial charge in [0.25, 0.3) is 0 Å². The molecule has 1 aliphatic heterocycles. The van der Waals surface area contributed by atoms with Crippen molar-refractivity contribution in [3.05, 3.63) is 23.8 Å². The minimum atomic E-state index is 0.630. The first kappa shape index (κ1) is 12.2. The summed E-state index contributed by atoms with van der Waals surface area (Å²) in [6.07, 6.45) is 0. The van der Waals surface area contributed by atoms with Gasteiger partial charge in [-0.3, -0.25) is 4.90 Å². The molecule has 0 bridgehead atoms. The van der Waals surface area contributed by atoms with Gasteiger partial charge < -0.3 is 10.6 Å². The van der Waals surface area contributed by atoms with Crippen molar-refractivity contribution in [1.82, 2.24) is 4.90 Å². The first-order valence-corrected chi connectivity index (χ1v) is 6.47. The second-order valence-corrected chi connectivity index (χ2v) is 4.97. The maximum absolute atomic E-state index is 5.80. The van der Waals surface area contributed by atoms with Crippen LogP contribution in [0.1, 0.15) is 19.4 Å². The Labute approximate surface area is 104 Å². The highest BCUT2D eigenvalue weighted by molar-refractivity contribution is 5.59. The van der Waals surface area contributed by atoms with Crippen LogP contribution < -0.4 is 10.6 Å². The molecule has 1 heterocycles. The van der Waals surface area contributed by atoms with Crippen molar-refractivity contribution in [3.8, 4) is 0 Å². The van der Waals surface area contributed by atoms with Crippen LogP contribution in [0.4, 0.5) is 11.4 Å². The van der Waals surface area contributed by atoms with Crippen molar-refractivity contribution >= 4 is 11.4 Å². The van der Waals surface area contributed by atoms with Crippen LogP contribution in [-0.2, 0) is 0 Å². The van der Waals surface area contributed by atoms with E-state index >= 15 is 0 Å². The largest absolute Gasteiger partial charge is 0.399 e. The summed E-state index contributed by atoms with van der Waals surface area (Å²) in [7, 11) is 0. The second kappa shape index (κ2) is 4.96. The van der Waals surface area contributed by atoms with E-state index in [2.05, 4.69) is 42.7 Å². The van der Waals surface area contributed by atoms with E-state index in [9.17, 15) is 0 Å². The molecule has 0 aliphatic carbocycles. The van der Waals surface area contributed by atoms with Crippen LogP contribution in [0.5, 0.6) is 0 Å². The van der Waals surface area contributed by atoms with Gasteiger partial charge in [0.1, 0.15) is 0 Å². The third-order valence-electron chi connectivity index (χ3n) is 3.73. The van der Waals surface area contributed by atoms with Crippen LogP contribution in [-0.4, -0.2) is 37.1 Å². The molecule has 0 spiro atoms. The number of aryl methyl sites for hydroxylation is 1. The van der Waals surface area contributed by atoms with Gasteiger partial charge in [0.05, 0.1) is 0 Å². The lowest BCUT2D eigenvalue weighted by Gasteiger charge is -2.41. The highest BCUT2D eigenvalue weighted by Gasteiger charge is 2.23.